The molecule has 0 radical (unpaired) electrons. The van der Waals surface area contributed by atoms with E-state index >= 15 is 0 Å². The first-order valence-corrected chi connectivity index (χ1v) is 31.0. The summed E-state index contributed by atoms with van der Waals surface area (Å²) in [7, 11) is -17.5. The van der Waals surface area contributed by atoms with Crippen LogP contribution in [0.4, 0.5) is 30.7 Å². The zero-order chi connectivity index (χ0) is 62.2. The van der Waals surface area contributed by atoms with E-state index in [1.807, 2.05) is 0 Å². The van der Waals surface area contributed by atoms with Crippen molar-refractivity contribution in [1.29, 1.82) is 0 Å². The van der Waals surface area contributed by atoms with E-state index in [0.29, 0.717) is 11.1 Å². The van der Waals surface area contributed by atoms with Gasteiger partial charge >= 0.3 is 67.6 Å². The van der Waals surface area contributed by atoms with Crippen LogP contribution in [0.1, 0.15) is 22.3 Å². The Hall–Kier alpha value is -6.36. The third kappa shape index (κ3) is 25.2. The first kappa shape index (κ1) is 72.9. The molecule has 0 fully saturated rings. The molecule has 0 heterocycles. The van der Waals surface area contributed by atoms with Gasteiger partial charge in [-0.25, -0.2) is 16.8 Å². The van der Waals surface area contributed by atoms with Crippen molar-refractivity contribution >= 4 is 64.1 Å². The van der Waals surface area contributed by atoms with Crippen LogP contribution in [-0.2, 0) is 84.0 Å². The van der Waals surface area contributed by atoms with Gasteiger partial charge in [0, 0.05) is 0 Å². The Morgan fingerprint density at radius 1 is 0.400 bits per heavy atom. The van der Waals surface area contributed by atoms with Crippen LogP contribution < -0.4 is 29.6 Å². The summed E-state index contributed by atoms with van der Waals surface area (Å²) in [5, 5.41) is -9.11. The van der Waals surface area contributed by atoms with Gasteiger partial charge in [-0.2, -0.15) is 39.2 Å². The molecule has 0 unspecified atom stereocenters. The van der Waals surface area contributed by atoms with Crippen LogP contribution >= 0.6 is 0 Å². The number of rotatable bonds is 16. The van der Waals surface area contributed by atoms with Gasteiger partial charge < -0.3 is 18.6 Å². The van der Waals surface area contributed by atoms with E-state index < -0.39 is 71.5 Å². The Bertz CT molecular complexity index is 3330. The number of hydrogen-bond acceptors (Lipinski definition) is 12. The Morgan fingerprint density at radius 3 is 0.847 bits per heavy atom. The maximum absolute atomic E-state index is 12.7. The van der Waals surface area contributed by atoms with Gasteiger partial charge in [0.15, 0.2) is 62.8 Å². The van der Waals surface area contributed by atoms with Crippen molar-refractivity contribution in [3.63, 3.8) is 0 Å². The summed E-state index contributed by atoms with van der Waals surface area (Å²) < 4.78 is 177. The fourth-order valence-corrected chi connectivity index (χ4v) is 11.1. The molecule has 0 spiro atoms. The van der Waals surface area contributed by atoms with Crippen molar-refractivity contribution in [2.24, 2.45) is 0 Å². The number of ether oxygens (including phenoxy) is 2. The van der Waals surface area contributed by atoms with E-state index in [-0.39, 0.29) is 64.2 Å². The molecule has 1 N–H and O–H groups in total. The maximum Gasteiger partial charge on any atom is 1.00 e. The van der Waals surface area contributed by atoms with E-state index in [4.69, 9.17) is 17.5 Å². The molecule has 8 rings (SSSR count). The van der Waals surface area contributed by atoms with Gasteiger partial charge in [0.2, 0.25) is 0 Å². The topological polar surface area (TPSA) is 221 Å². The molecule has 13 nitrogen and oxygen atoms in total. The first-order valence-electron chi connectivity index (χ1n) is 24.3. The van der Waals surface area contributed by atoms with Crippen LogP contribution in [0, 0.1) is 13.8 Å². The molecule has 0 saturated heterocycles. The molecule has 8 aromatic rings. The molecular formula is C59H53F7NaO13S5+. The molecule has 0 aliphatic heterocycles. The zero-order valence-corrected chi connectivity index (χ0v) is 51.4. The van der Waals surface area contributed by atoms with Gasteiger partial charge in [-0.05, 0) is 97.8 Å². The van der Waals surface area contributed by atoms with Crippen molar-refractivity contribution in [2.45, 2.75) is 72.1 Å². The van der Waals surface area contributed by atoms with E-state index in [0.717, 1.165) is 0 Å². The standard InChI is InChI=1S/2C19H17S.2C10H10F2O5S.CHF3O3S.Na/c2*1-16-12-14-19(15-13-16)20(17-8-4-2-5-9-17)18-10-6-3-7-11-18;2*11-10(12,18(14,15)16)7-17-9(13)6-8-4-2-1-3-5-8;2-1(3,4)8(5,6)7;/h2*2-15H,1H3;2*1-5H,6-7H2,(H,14,15,16);(H,5,6,7);/q2*+1;;;;+1/p-2. The number of esters is 2. The number of carbonyl (C=O) groups is 2. The van der Waals surface area contributed by atoms with Gasteiger partial charge in [-0.3, -0.25) is 14.1 Å². The molecule has 0 bridgehead atoms. The monoisotopic (exact) mass is 1290 g/mol. The van der Waals surface area contributed by atoms with Crippen molar-refractivity contribution < 1.29 is 118 Å². The quantitative estimate of drug-likeness (QED) is 0.0238. The van der Waals surface area contributed by atoms with Crippen LogP contribution in [0.3, 0.4) is 0 Å². The predicted octanol–water partition coefficient (Wildman–Crippen LogP) is 9.40. The second kappa shape index (κ2) is 34.1. The second-order valence-electron chi connectivity index (χ2n) is 17.2. The van der Waals surface area contributed by atoms with Crippen molar-refractivity contribution in [3.8, 4) is 0 Å². The summed E-state index contributed by atoms with van der Waals surface area (Å²) in [6.07, 6.45) is -0.543. The molecule has 0 atom stereocenters. The van der Waals surface area contributed by atoms with Gasteiger partial charge in [0.1, 0.15) is 0 Å². The molecule has 446 valence electrons. The summed E-state index contributed by atoms with van der Waals surface area (Å²) >= 11 is 0. The largest absolute Gasteiger partial charge is 1.00 e. The van der Waals surface area contributed by atoms with Gasteiger partial charge in [0.25, 0.3) is 0 Å². The Labute approximate surface area is 516 Å². The normalized spacial score (nSPS) is 11.5. The zero-order valence-electron chi connectivity index (χ0n) is 45.3. The Kier molecular flexibility index (Phi) is 29.2. The summed E-state index contributed by atoms with van der Waals surface area (Å²) in [6, 6.07) is 77.1. The third-order valence-electron chi connectivity index (χ3n) is 10.6. The summed E-state index contributed by atoms with van der Waals surface area (Å²) in [6.45, 7) is 0.780. The second-order valence-corrected chi connectivity index (χ2v) is 25.7. The molecule has 26 heteroatoms. The molecule has 0 aromatic heterocycles. The third-order valence-corrected chi connectivity index (χ3v) is 17.4. The summed E-state index contributed by atoms with van der Waals surface area (Å²) in [5.41, 5.74) is -1.97. The van der Waals surface area contributed by atoms with Crippen molar-refractivity contribution in [1.82, 2.24) is 0 Å². The Balaban J connectivity index is 0.000000284. The number of hydrogen-bond donors (Lipinski definition) is 1. The number of carbonyl (C=O) groups excluding carboxylic acids is 2. The average molecular weight is 1290 g/mol. The smallest absolute Gasteiger partial charge is 0.743 e. The van der Waals surface area contributed by atoms with Gasteiger partial charge in [-0.1, -0.05) is 169 Å². The minimum atomic E-state index is -6.09. The fraction of sp³-hybridized carbons (Fsp3) is 0.153. The van der Waals surface area contributed by atoms with E-state index in [2.05, 4.69) is 193 Å². The van der Waals surface area contributed by atoms with Crippen LogP contribution in [-0.4, -0.2) is 80.1 Å². The molecular weight excluding hydrogens is 1230 g/mol. The fourth-order valence-electron chi connectivity index (χ4n) is 6.49. The van der Waals surface area contributed by atoms with E-state index in [1.165, 1.54) is 40.5 Å². The van der Waals surface area contributed by atoms with Crippen LogP contribution in [0.15, 0.2) is 260 Å². The van der Waals surface area contributed by atoms with Gasteiger partial charge in [-0.15, -0.1) is 0 Å². The van der Waals surface area contributed by atoms with Crippen LogP contribution in [0.25, 0.3) is 0 Å². The predicted molar refractivity (Wildman–Crippen MR) is 302 cm³/mol. The molecule has 0 aliphatic carbocycles. The molecule has 0 saturated carbocycles. The Morgan fingerprint density at radius 2 is 0.624 bits per heavy atom. The van der Waals surface area contributed by atoms with Crippen molar-refractivity contribution in [2.75, 3.05) is 13.2 Å². The SMILES string of the molecule is Cc1ccc([S+](c2ccccc2)c2ccccc2)cc1.Cc1ccc([S+](c2ccccc2)c2ccccc2)cc1.O=C(Cc1ccccc1)OCC(F)(F)S(=O)(=O)O.O=C(Cc1ccccc1)OCC(F)(F)S(=O)(=O)[O-].O=S(=O)([O-])C(F)(F)F.[Na+]. The number of alkyl halides is 7. The molecule has 8 aromatic carbocycles. The minimum Gasteiger partial charge on any atom is -0.743 e. The van der Waals surface area contributed by atoms with E-state index in [9.17, 15) is 61.7 Å². The molecule has 0 aliphatic rings. The number of halogens is 7. The molecule has 85 heavy (non-hydrogen) atoms. The molecule has 0 amide bonds. The van der Waals surface area contributed by atoms with Crippen LogP contribution in [0.2, 0.25) is 0 Å². The number of benzene rings is 8. The summed E-state index contributed by atoms with van der Waals surface area (Å²) in [5.74, 6) is -2.05. The van der Waals surface area contributed by atoms with Crippen molar-refractivity contribution in [3.05, 3.63) is 253 Å². The maximum atomic E-state index is 12.7. The van der Waals surface area contributed by atoms with Gasteiger partial charge in [0.05, 0.1) is 34.6 Å². The van der Waals surface area contributed by atoms with Crippen LogP contribution in [0.5, 0.6) is 0 Å². The average Bonchev–Trinajstić information content (AvgIpc) is 3.35. The summed E-state index contributed by atoms with van der Waals surface area (Å²) in [4.78, 5) is 30.5. The van der Waals surface area contributed by atoms with E-state index in [1.54, 1.807) is 60.7 Å². The minimum absolute atomic E-state index is 0. The number of aryl methyl sites for hydroxylation is 2. The first-order chi connectivity index (χ1) is 39.4.